The van der Waals surface area contributed by atoms with Crippen LogP contribution in [0.1, 0.15) is 13.8 Å². The second-order valence-electron chi connectivity index (χ2n) is 5.38. The van der Waals surface area contributed by atoms with Gasteiger partial charge in [0.25, 0.3) is 15.9 Å². The third-order valence-electron chi connectivity index (χ3n) is 3.31. The molecule has 0 saturated heterocycles. The molecular weight excluding hydrogens is 310 g/mol. The first-order chi connectivity index (χ1) is 10.2. The van der Waals surface area contributed by atoms with Gasteiger partial charge in [-0.1, -0.05) is 13.8 Å². The highest BCUT2D eigenvalue weighted by Crippen LogP contribution is 2.16. The molecule has 1 amide bonds. The van der Waals surface area contributed by atoms with Crippen LogP contribution in [0.4, 0.5) is 0 Å². The van der Waals surface area contributed by atoms with E-state index in [9.17, 15) is 18.0 Å². The zero-order valence-electron chi connectivity index (χ0n) is 12.2. The lowest BCUT2D eigenvalue weighted by Crippen LogP contribution is -2.45. The number of hydrogen-bond acceptors (Lipinski definition) is 5. The van der Waals surface area contributed by atoms with Crippen molar-refractivity contribution >= 4 is 27.7 Å². The molecule has 0 fully saturated rings. The van der Waals surface area contributed by atoms with Crippen molar-refractivity contribution in [1.82, 2.24) is 10.2 Å². The fourth-order valence-electron chi connectivity index (χ4n) is 2.07. The van der Waals surface area contributed by atoms with Crippen molar-refractivity contribution in [2.45, 2.75) is 19.9 Å². The zero-order valence-corrected chi connectivity index (χ0v) is 13.0. The van der Waals surface area contributed by atoms with Gasteiger partial charge in [0.15, 0.2) is 0 Å². The normalized spacial score (nSPS) is 20.8. The molecule has 0 saturated carbocycles. The Morgan fingerprint density at radius 1 is 1.36 bits per heavy atom. The average molecular weight is 327 g/mol. The Labute approximate surface area is 128 Å². The predicted octanol–water partition coefficient (Wildman–Crippen LogP) is -0.291. The van der Waals surface area contributed by atoms with Crippen LogP contribution in [0.15, 0.2) is 28.3 Å². The number of hydrogen-bond donors (Lipinski definition) is 2. The van der Waals surface area contributed by atoms with Gasteiger partial charge in [0, 0.05) is 12.7 Å². The molecule has 0 spiro atoms. The number of amidine groups is 1. The Morgan fingerprint density at radius 2 is 2.05 bits per heavy atom. The summed E-state index contributed by atoms with van der Waals surface area (Å²) in [6.07, 6.45) is 4.32. The number of sulfonamides is 1. The second kappa shape index (κ2) is 5.91. The smallest absolute Gasteiger partial charge is 0.326 e. The maximum absolute atomic E-state index is 12.1. The number of amides is 1. The SMILES string of the molecule is CC(C)[C@H](NC(=O)C1=CN2CCS(=O)(=O)N=C2C=C1)C(=O)O. The van der Waals surface area contributed by atoms with E-state index in [0.717, 1.165) is 0 Å². The molecule has 2 aliphatic heterocycles. The first kappa shape index (κ1) is 16.2. The molecule has 0 unspecified atom stereocenters. The van der Waals surface area contributed by atoms with Crippen LogP contribution in [0.5, 0.6) is 0 Å². The van der Waals surface area contributed by atoms with E-state index in [4.69, 9.17) is 5.11 Å². The lowest BCUT2D eigenvalue weighted by molar-refractivity contribution is -0.142. The molecule has 1 atom stereocenters. The number of aliphatic carboxylic acids is 1. The van der Waals surface area contributed by atoms with Gasteiger partial charge in [0.2, 0.25) is 0 Å². The van der Waals surface area contributed by atoms with Gasteiger partial charge in [0.05, 0.1) is 11.3 Å². The van der Waals surface area contributed by atoms with Crippen LogP contribution < -0.4 is 5.32 Å². The van der Waals surface area contributed by atoms with Gasteiger partial charge >= 0.3 is 5.97 Å². The Hall–Kier alpha value is -2.16. The summed E-state index contributed by atoms with van der Waals surface area (Å²) in [7, 11) is -3.44. The topological polar surface area (TPSA) is 116 Å². The number of nitrogens with zero attached hydrogens (tertiary/aromatic N) is 2. The van der Waals surface area contributed by atoms with Gasteiger partial charge in [-0.25, -0.2) is 13.2 Å². The summed E-state index contributed by atoms with van der Waals surface area (Å²) in [5, 5.41) is 11.5. The van der Waals surface area contributed by atoms with E-state index in [0.29, 0.717) is 0 Å². The van der Waals surface area contributed by atoms with Gasteiger partial charge in [-0.2, -0.15) is 0 Å². The lowest BCUT2D eigenvalue weighted by Gasteiger charge is -2.27. The molecule has 120 valence electrons. The molecule has 22 heavy (non-hydrogen) atoms. The minimum atomic E-state index is -3.44. The van der Waals surface area contributed by atoms with E-state index < -0.39 is 27.9 Å². The first-order valence-electron chi connectivity index (χ1n) is 6.72. The number of carbonyl (C=O) groups excluding carboxylic acids is 1. The highest BCUT2D eigenvalue weighted by molar-refractivity contribution is 7.90. The summed E-state index contributed by atoms with van der Waals surface area (Å²) < 4.78 is 26.4. The molecule has 0 bridgehead atoms. The number of carbonyl (C=O) groups is 2. The standard InChI is InChI=1S/C13H17N3O5S/c1-8(2)11(13(18)19)14-12(17)9-3-4-10-15-22(20,21)6-5-16(10)7-9/h3-4,7-8,11H,5-6H2,1-2H3,(H,14,17)(H,18,19)/t11-/m0/s1. The van der Waals surface area contributed by atoms with E-state index in [1.165, 1.54) is 18.4 Å². The van der Waals surface area contributed by atoms with Crippen LogP contribution in [0, 0.1) is 5.92 Å². The largest absolute Gasteiger partial charge is 0.480 e. The maximum Gasteiger partial charge on any atom is 0.326 e. The molecule has 2 rings (SSSR count). The fraction of sp³-hybridized carbons (Fsp3) is 0.462. The summed E-state index contributed by atoms with van der Waals surface area (Å²) in [6.45, 7) is 3.60. The molecular formula is C13H17N3O5S. The zero-order chi connectivity index (χ0) is 16.5. The molecule has 0 aromatic carbocycles. The van der Waals surface area contributed by atoms with Crippen LogP contribution in [0.3, 0.4) is 0 Å². The molecule has 2 aliphatic rings. The van der Waals surface area contributed by atoms with Crippen molar-refractivity contribution in [1.29, 1.82) is 0 Å². The highest BCUT2D eigenvalue weighted by atomic mass is 32.2. The Morgan fingerprint density at radius 3 is 2.64 bits per heavy atom. The monoisotopic (exact) mass is 327 g/mol. The van der Waals surface area contributed by atoms with Crippen molar-refractivity contribution in [2.24, 2.45) is 10.3 Å². The van der Waals surface area contributed by atoms with Gasteiger partial charge in [-0.3, -0.25) is 4.79 Å². The van der Waals surface area contributed by atoms with Crippen LogP contribution in [-0.4, -0.2) is 54.5 Å². The van der Waals surface area contributed by atoms with Crippen molar-refractivity contribution in [2.75, 3.05) is 12.3 Å². The van der Waals surface area contributed by atoms with E-state index in [1.54, 1.807) is 18.7 Å². The third-order valence-corrected chi connectivity index (χ3v) is 4.47. The molecule has 2 N–H and O–H groups in total. The number of nitrogens with one attached hydrogen (secondary N) is 1. The van der Waals surface area contributed by atoms with Crippen LogP contribution in [0.2, 0.25) is 0 Å². The predicted molar refractivity (Wildman–Crippen MR) is 79.6 cm³/mol. The second-order valence-corrected chi connectivity index (χ2v) is 7.13. The Bertz CT molecular complexity index is 690. The summed E-state index contributed by atoms with van der Waals surface area (Å²) >= 11 is 0. The van der Waals surface area contributed by atoms with Crippen molar-refractivity contribution in [3.63, 3.8) is 0 Å². The van der Waals surface area contributed by atoms with Crippen molar-refractivity contribution in [3.05, 3.63) is 23.9 Å². The Kier molecular flexibility index (Phi) is 4.36. The van der Waals surface area contributed by atoms with E-state index >= 15 is 0 Å². The first-order valence-corrected chi connectivity index (χ1v) is 8.33. The minimum Gasteiger partial charge on any atom is -0.480 e. The molecule has 0 aliphatic carbocycles. The minimum absolute atomic E-state index is 0.126. The van der Waals surface area contributed by atoms with Gasteiger partial charge < -0.3 is 15.3 Å². The van der Waals surface area contributed by atoms with Gasteiger partial charge in [-0.05, 0) is 18.1 Å². The van der Waals surface area contributed by atoms with E-state index in [-0.39, 0.29) is 29.6 Å². The van der Waals surface area contributed by atoms with E-state index in [1.807, 2.05) is 0 Å². The third kappa shape index (κ3) is 3.53. The molecule has 0 aromatic heterocycles. The fourth-order valence-corrected chi connectivity index (χ4v) is 3.04. The van der Waals surface area contributed by atoms with Crippen LogP contribution in [0.25, 0.3) is 0 Å². The quantitative estimate of drug-likeness (QED) is 0.733. The molecule has 9 heteroatoms. The summed E-state index contributed by atoms with van der Waals surface area (Å²) in [4.78, 5) is 24.8. The molecule has 0 aromatic rings. The molecule has 8 nitrogen and oxygen atoms in total. The number of fused-ring (bicyclic) bond motifs is 1. The van der Waals surface area contributed by atoms with Crippen LogP contribution in [-0.2, 0) is 19.6 Å². The molecule has 0 radical (unpaired) electrons. The van der Waals surface area contributed by atoms with Crippen LogP contribution >= 0.6 is 0 Å². The summed E-state index contributed by atoms with van der Waals surface area (Å²) in [5.41, 5.74) is 0.255. The van der Waals surface area contributed by atoms with Crippen molar-refractivity contribution in [3.8, 4) is 0 Å². The number of rotatable bonds is 4. The summed E-state index contributed by atoms with van der Waals surface area (Å²) in [5.74, 6) is -1.76. The summed E-state index contributed by atoms with van der Waals surface area (Å²) in [6, 6.07) is -0.987. The van der Waals surface area contributed by atoms with Gasteiger partial charge in [-0.15, -0.1) is 4.40 Å². The number of carboxylic acid groups (broad SMARTS) is 1. The Balaban J connectivity index is 2.15. The maximum atomic E-state index is 12.1. The highest BCUT2D eigenvalue weighted by Gasteiger charge is 2.28. The molecule has 2 heterocycles. The average Bonchev–Trinajstić information content (AvgIpc) is 2.42. The lowest BCUT2D eigenvalue weighted by atomic mass is 10.0. The van der Waals surface area contributed by atoms with E-state index in [2.05, 4.69) is 9.71 Å². The van der Waals surface area contributed by atoms with Gasteiger partial charge in [0.1, 0.15) is 11.9 Å². The van der Waals surface area contributed by atoms with Crippen molar-refractivity contribution < 1.29 is 23.1 Å². The number of carboxylic acids is 1.